The van der Waals surface area contributed by atoms with Gasteiger partial charge in [-0.2, -0.15) is 0 Å². The second-order valence-corrected chi connectivity index (χ2v) is 4.48. The molecular formula is C12H22N6O8. The molecule has 0 unspecified atom stereocenters. The van der Waals surface area contributed by atoms with E-state index in [9.17, 15) is 28.8 Å². The van der Waals surface area contributed by atoms with Crippen molar-refractivity contribution in [3.05, 3.63) is 0 Å². The van der Waals surface area contributed by atoms with Crippen LogP contribution in [0.3, 0.4) is 0 Å². The summed E-state index contributed by atoms with van der Waals surface area (Å²) in [5.41, 5.74) is 5.02. The third-order valence-corrected chi connectivity index (χ3v) is 2.41. The highest BCUT2D eigenvalue weighted by Crippen LogP contribution is 1.71. The van der Waals surface area contributed by atoms with E-state index in [1.807, 2.05) is 5.32 Å². The first-order valence-corrected chi connectivity index (χ1v) is 7.00. The molecule has 0 aliphatic heterocycles. The highest BCUT2D eigenvalue weighted by atomic mass is 16.4. The molecule has 0 aliphatic rings. The summed E-state index contributed by atoms with van der Waals surface area (Å²) in [6.45, 7) is -2.47. The summed E-state index contributed by atoms with van der Waals surface area (Å²) >= 11 is 0. The number of hydrogen-bond acceptors (Lipinski definition) is 7. The van der Waals surface area contributed by atoms with Crippen molar-refractivity contribution in [3.8, 4) is 0 Å². The van der Waals surface area contributed by atoms with Crippen LogP contribution in [0.25, 0.3) is 0 Å². The molecule has 0 aromatic heterocycles. The summed E-state index contributed by atoms with van der Waals surface area (Å²) in [5, 5.41) is 19.1. The summed E-state index contributed by atoms with van der Waals surface area (Å²) in [4.78, 5) is 66.2. The first-order valence-electron chi connectivity index (χ1n) is 7.00. The SMILES string of the molecule is NCC(=O)NCC(=O)NCC(=O)NCC(=O)NCC(=O)NCC(=O)O.O. The molecule has 0 spiro atoms. The molecular weight excluding hydrogens is 356 g/mol. The van der Waals surface area contributed by atoms with Gasteiger partial charge in [0.15, 0.2) is 0 Å². The number of carboxylic acid groups (broad SMARTS) is 1. The maximum Gasteiger partial charge on any atom is 0.322 e. The fraction of sp³-hybridized carbons (Fsp3) is 0.500. The monoisotopic (exact) mass is 378 g/mol. The van der Waals surface area contributed by atoms with E-state index >= 15 is 0 Å². The van der Waals surface area contributed by atoms with Gasteiger partial charge in [-0.1, -0.05) is 0 Å². The maximum absolute atomic E-state index is 11.4. The van der Waals surface area contributed by atoms with Crippen LogP contribution < -0.4 is 32.3 Å². The fourth-order valence-electron chi connectivity index (χ4n) is 1.21. The smallest absolute Gasteiger partial charge is 0.322 e. The Hall–Kier alpha value is -3.26. The molecule has 0 fully saturated rings. The Labute approximate surface area is 147 Å². The molecule has 0 aromatic carbocycles. The van der Waals surface area contributed by atoms with Crippen LogP contribution in [0.4, 0.5) is 0 Å². The quantitative estimate of drug-likeness (QED) is 0.182. The number of carbonyl (C=O) groups excluding carboxylic acids is 5. The Morgan fingerprint density at radius 2 is 0.846 bits per heavy atom. The van der Waals surface area contributed by atoms with Crippen molar-refractivity contribution in [2.45, 2.75) is 0 Å². The minimum Gasteiger partial charge on any atom is -0.480 e. The van der Waals surface area contributed by atoms with Crippen LogP contribution in [0.1, 0.15) is 0 Å². The van der Waals surface area contributed by atoms with E-state index in [4.69, 9.17) is 10.8 Å². The van der Waals surface area contributed by atoms with Crippen molar-refractivity contribution in [1.29, 1.82) is 0 Å². The Balaban J connectivity index is 0. The van der Waals surface area contributed by atoms with Crippen LogP contribution in [-0.4, -0.2) is 85.4 Å². The number of nitrogens with one attached hydrogen (secondary N) is 5. The third kappa shape index (κ3) is 14.3. The Morgan fingerprint density at radius 1 is 0.577 bits per heavy atom. The fourth-order valence-corrected chi connectivity index (χ4v) is 1.21. The molecule has 0 heterocycles. The van der Waals surface area contributed by atoms with Crippen molar-refractivity contribution < 1.29 is 39.3 Å². The normalized spacial score (nSPS) is 9.12. The van der Waals surface area contributed by atoms with Gasteiger partial charge in [0.2, 0.25) is 29.5 Å². The van der Waals surface area contributed by atoms with E-state index in [0.29, 0.717) is 0 Å². The first-order chi connectivity index (χ1) is 11.7. The second-order valence-electron chi connectivity index (χ2n) is 4.48. The van der Waals surface area contributed by atoms with Gasteiger partial charge in [-0.15, -0.1) is 0 Å². The summed E-state index contributed by atoms with van der Waals surface area (Å²) in [5.74, 6) is -4.41. The molecule has 0 bridgehead atoms. The lowest BCUT2D eigenvalue weighted by Crippen LogP contribution is -2.46. The predicted octanol–water partition coefficient (Wildman–Crippen LogP) is -6.21. The molecule has 0 saturated carbocycles. The summed E-state index contributed by atoms with van der Waals surface area (Å²) in [6, 6.07) is 0. The molecule has 0 aliphatic carbocycles. The van der Waals surface area contributed by atoms with Crippen molar-refractivity contribution in [2.75, 3.05) is 39.3 Å². The van der Waals surface area contributed by atoms with Gasteiger partial charge < -0.3 is 42.9 Å². The summed E-state index contributed by atoms with van der Waals surface area (Å²) < 4.78 is 0. The van der Waals surface area contributed by atoms with Crippen molar-refractivity contribution >= 4 is 35.5 Å². The molecule has 14 heteroatoms. The Kier molecular flexibility index (Phi) is 13.6. The standard InChI is InChI=1S/C12H20N6O7.H2O/c13-1-7(19)14-2-8(20)15-3-9(21)16-4-10(22)17-5-11(23)18-6-12(24)25;/h1-6,13H2,(H,14,19)(H,15,20)(H,16,21)(H,17,22)(H,18,23)(H,24,25);1H2. The molecule has 148 valence electrons. The van der Waals surface area contributed by atoms with Crippen LogP contribution in [-0.2, 0) is 28.8 Å². The molecule has 5 amide bonds. The van der Waals surface area contributed by atoms with Gasteiger partial charge in [-0.3, -0.25) is 28.8 Å². The van der Waals surface area contributed by atoms with Gasteiger partial charge in [0.05, 0.1) is 32.7 Å². The van der Waals surface area contributed by atoms with Crippen LogP contribution in [0, 0.1) is 0 Å². The Bertz CT molecular complexity index is 538. The van der Waals surface area contributed by atoms with Crippen LogP contribution in [0.2, 0.25) is 0 Å². The zero-order valence-electron chi connectivity index (χ0n) is 13.7. The number of carbonyl (C=O) groups is 6. The van der Waals surface area contributed by atoms with Gasteiger partial charge in [-0.25, -0.2) is 0 Å². The zero-order valence-corrected chi connectivity index (χ0v) is 13.7. The highest BCUT2D eigenvalue weighted by molar-refractivity contribution is 5.91. The molecule has 26 heavy (non-hydrogen) atoms. The molecule has 0 aromatic rings. The lowest BCUT2D eigenvalue weighted by Gasteiger charge is -2.08. The molecule has 10 N–H and O–H groups in total. The molecule has 0 atom stereocenters. The number of aliphatic carboxylic acids is 1. The van der Waals surface area contributed by atoms with Gasteiger partial charge in [-0.05, 0) is 0 Å². The van der Waals surface area contributed by atoms with Crippen molar-refractivity contribution in [2.24, 2.45) is 5.73 Å². The van der Waals surface area contributed by atoms with E-state index in [1.54, 1.807) is 0 Å². The van der Waals surface area contributed by atoms with Crippen LogP contribution >= 0.6 is 0 Å². The third-order valence-electron chi connectivity index (χ3n) is 2.41. The van der Waals surface area contributed by atoms with Gasteiger partial charge in [0, 0.05) is 0 Å². The summed E-state index contributed by atoms with van der Waals surface area (Å²) in [7, 11) is 0. The van der Waals surface area contributed by atoms with Crippen LogP contribution in [0.5, 0.6) is 0 Å². The van der Waals surface area contributed by atoms with E-state index < -0.39 is 61.7 Å². The van der Waals surface area contributed by atoms with Gasteiger partial charge in [0.1, 0.15) is 6.54 Å². The van der Waals surface area contributed by atoms with Crippen molar-refractivity contribution in [3.63, 3.8) is 0 Å². The average molecular weight is 378 g/mol. The first kappa shape index (κ1) is 25.0. The second kappa shape index (κ2) is 14.1. The lowest BCUT2D eigenvalue weighted by atomic mass is 10.4. The topological polar surface area (TPSA) is 240 Å². The maximum atomic E-state index is 11.4. The van der Waals surface area contributed by atoms with E-state index in [1.165, 1.54) is 0 Å². The van der Waals surface area contributed by atoms with Crippen LogP contribution in [0.15, 0.2) is 0 Å². The highest BCUT2D eigenvalue weighted by Gasteiger charge is 2.10. The molecule has 0 rings (SSSR count). The largest absolute Gasteiger partial charge is 0.480 e. The van der Waals surface area contributed by atoms with Gasteiger partial charge in [0.25, 0.3) is 0 Å². The van der Waals surface area contributed by atoms with Crippen molar-refractivity contribution in [1.82, 2.24) is 26.6 Å². The number of nitrogens with two attached hydrogens (primary N) is 1. The average Bonchev–Trinajstić information content (AvgIpc) is 2.58. The number of rotatable bonds is 11. The number of amides is 5. The minimum absolute atomic E-state index is 0. The number of carboxylic acids is 1. The molecule has 0 saturated heterocycles. The molecule has 0 radical (unpaired) electrons. The predicted molar refractivity (Wildman–Crippen MR) is 85.4 cm³/mol. The molecule has 14 nitrogen and oxygen atoms in total. The summed E-state index contributed by atoms with van der Waals surface area (Å²) in [6.07, 6.45) is 0. The number of hydrogen-bond donors (Lipinski definition) is 7. The minimum atomic E-state index is -1.23. The van der Waals surface area contributed by atoms with Gasteiger partial charge >= 0.3 is 5.97 Å². The Morgan fingerprint density at radius 3 is 1.12 bits per heavy atom. The lowest BCUT2D eigenvalue weighted by molar-refractivity contribution is -0.137. The van der Waals surface area contributed by atoms with E-state index in [0.717, 1.165) is 0 Å². The van der Waals surface area contributed by atoms with E-state index in [2.05, 4.69) is 21.3 Å². The van der Waals surface area contributed by atoms with E-state index in [-0.39, 0.29) is 18.6 Å². The zero-order chi connectivity index (χ0) is 19.2.